The van der Waals surface area contributed by atoms with Gasteiger partial charge in [-0.05, 0) is 20.4 Å². The number of carboxylic acid groups (broad SMARTS) is 1. The molecular weight excluding hydrogens is 214 g/mol. The Morgan fingerprint density at radius 1 is 1.40 bits per heavy atom. The quantitative estimate of drug-likeness (QED) is 0.660. The molecular formula is C11H24ClNO2. The summed E-state index contributed by atoms with van der Waals surface area (Å²) in [6, 6.07) is 0.501. The molecule has 0 aliphatic heterocycles. The average Bonchev–Trinajstić information content (AvgIpc) is 2.14. The van der Waals surface area contributed by atoms with Crippen molar-refractivity contribution in [3.05, 3.63) is 0 Å². The van der Waals surface area contributed by atoms with Gasteiger partial charge in [0.15, 0.2) is 0 Å². The summed E-state index contributed by atoms with van der Waals surface area (Å²) >= 11 is 0. The second kappa shape index (κ2) is 10.2. The molecule has 92 valence electrons. The van der Waals surface area contributed by atoms with E-state index < -0.39 is 5.97 Å². The van der Waals surface area contributed by atoms with Crippen LogP contribution in [-0.4, -0.2) is 35.6 Å². The Balaban J connectivity index is 0. The van der Waals surface area contributed by atoms with Crippen LogP contribution in [0.5, 0.6) is 0 Å². The molecule has 1 unspecified atom stereocenters. The third-order valence-corrected chi connectivity index (χ3v) is 2.66. The lowest BCUT2D eigenvalue weighted by molar-refractivity contribution is -0.137. The fourth-order valence-corrected chi connectivity index (χ4v) is 1.40. The molecule has 0 aromatic rings. The lowest BCUT2D eigenvalue weighted by Gasteiger charge is -2.23. The third kappa shape index (κ3) is 10.0. The zero-order valence-electron chi connectivity index (χ0n) is 10.0. The summed E-state index contributed by atoms with van der Waals surface area (Å²) in [5.41, 5.74) is 0. The summed E-state index contributed by atoms with van der Waals surface area (Å²) in [5.74, 6) is -0.711. The first-order valence-corrected chi connectivity index (χ1v) is 5.50. The second-order valence-corrected chi connectivity index (χ2v) is 3.97. The smallest absolute Gasteiger partial charge is 0.304 e. The number of hydrogen-bond donors (Lipinski definition) is 1. The monoisotopic (exact) mass is 237 g/mol. The Hall–Kier alpha value is -0.280. The highest BCUT2D eigenvalue weighted by Crippen LogP contribution is 2.08. The van der Waals surface area contributed by atoms with Gasteiger partial charge in [-0.2, -0.15) is 0 Å². The van der Waals surface area contributed by atoms with Crippen LogP contribution < -0.4 is 0 Å². The van der Waals surface area contributed by atoms with Crippen LogP contribution in [0.3, 0.4) is 0 Å². The van der Waals surface area contributed by atoms with E-state index in [0.717, 1.165) is 0 Å². The van der Waals surface area contributed by atoms with Gasteiger partial charge >= 0.3 is 5.97 Å². The molecule has 0 spiro atoms. The van der Waals surface area contributed by atoms with Gasteiger partial charge in [-0.3, -0.25) is 4.79 Å². The molecule has 0 aliphatic carbocycles. The van der Waals surface area contributed by atoms with Crippen molar-refractivity contribution in [2.24, 2.45) is 0 Å². The van der Waals surface area contributed by atoms with E-state index in [-0.39, 0.29) is 18.8 Å². The lowest BCUT2D eigenvalue weighted by atomic mass is 10.1. The SMILES string of the molecule is CCCCCC(C)N(C)CCC(=O)O.Cl. The van der Waals surface area contributed by atoms with Crippen LogP contribution in [0.15, 0.2) is 0 Å². The fourth-order valence-electron chi connectivity index (χ4n) is 1.40. The number of nitrogens with zero attached hydrogens (tertiary/aromatic N) is 1. The Morgan fingerprint density at radius 3 is 2.47 bits per heavy atom. The third-order valence-electron chi connectivity index (χ3n) is 2.66. The molecule has 0 heterocycles. The van der Waals surface area contributed by atoms with Gasteiger partial charge in [-0.25, -0.2) is 0 Å². The van der Waals surface area contributed by atoms with Gasteiger partial charge in [0.25, 0.3) is 0 Å². The predicted octanol–water partition coefficient (Wildman–Crippen LogP) is 2.78. The first-order chi connectivity index (χ1) is 6.57. The maximum atomic E-state index is 10.4. The second-order valence-electron chi connectivity index (χ2n) is 3.97. The van der Waals surface area contributed by atoms with Gasteiger partial charge < -0.3 is 10.0 Å². The summed E-state index contributed by atoms with van der Waals surface area (Å²) in [5, 5.41) is 8.53. The minimum Gasteiger partial charge on any atom is -0.481 e. The minimum atomic E-state index is -0.711. The van der Waals surface area contributed by atoms with Gasteiger partial charge in [0.2, 0.25) is 0 Å². The van der Waals surface area contributed by atoms with Crippen molar-refractivity contribution in [1.82, 2.24) is 4.90 Å². The molecule has 0 saturated carbocycles. The van der Waals surface area contributed by atoms with E-state index in [1.54, 1.807) is 0 Å². The van der Waals surface area contributed by atoms with Crippen molar-refractivity contribution in [2.75, 3.05) is 13.6 Å². The zero-order valence-corrected chi connectivity index (χ0v) is 10.8. The maximum absolute atomic E-state index is 10.4. The van der Waals surface area contributed by atoms with E-state index in [2.05, 4.69) is 18.7 Å². The van der Waals surface area contributed by atoms with E-state index in [1.165, 1.54) is 25.7 Å². The van der Waals surface area contributed by atoms with Crippen molar-refractivity contribution >= 4 is 18.4 Å². The van der Waals surface area contributed by atoms with Crippen molar-refractivity contribution in [1.29, 1.82) is 0 Å². The van der Waals surface area contributed by atoms with Gasteiger partial charge in [-0.1, -0.05) is 26.2 Å². The molecule has 0 aliphatic rings. The fraction of sp³-hybridized carbons (Fsp3) is 0.909. The van der Waals surface area contributed by atoms with Crippen molar-refractivity contribution in [2.45, 2.75) is 52.0 Å². The van der Waals surface area contributed by atoms with Crippen LogP contribution in [0, 0.1) is 0 Å². The molecule has 0 aromatic carbocycles. The average molecular weight is 238 g/mol. The molecule has 4 heteroatoms. The van der Waals surface area contributed by atoms with Crippen LogP contribution in [0.4, 0.5) is 0 Å². The molecule has 15 heavy (non-hydrogen) atoms. The van der Waals surface area contributed by atoms with E-state index in [0.29, 0.717) is 12.6 Å². The Kier molecular flexibility index (Phi) is 11.7. The highest BCUT2D eigenvalue weighted by atomic mass is 35.5. The highest BCUT2D eigenvalue weighted by Gasteiger charge is 2.09. The van der Waals surface area contributed by atoms with Crippen molar-refractivity contribution in [3.63, 3.8) is 0 Å². The molecule has 1 atom stereocenters. The van der Waals surface area contributed by atoms with E-state index in [1.807, 2.05) is 7.05 Å². The summed E-state index contributed by atoms with van der Waals surface area (Å²) in [6.45, 7) is 5.01. The Bertz CT molecular complexity index is 165. The summed E-state index contributed by atoms with van der Waals surface area (Å²) in [6.07, 6.45) is 5.18. The normalized spacial score (nSPS) is 12.3. The van der Waals surface area contributed by atoms with Crippen molar-refractivity contribution in [3.8, 4) is 0 Å². The van der Waals surface area contributed by atoms with Gasteiger partial charge in [0, 0.05) is 12.6 Å². The Labute approximate surface area is 99.3 Å². The topological polar surface area (TPSA) is 40.5 Å². The molecule has 1 N–H and O–H groups in total. The molecule has 0 aromatic heterocycles. The maximum Gasteiger partial charge on any atom is 0.304 e. The first kappa shape index (κ1) is 17.1. The molecule has 0 bridgehead atoms. The van der Waals surface area contributed by atoms with Crippen LogP contribution in [0.25, 0.3) is 0 Å². The minimum absolute atomic E-state index is 0. The Morgan fingerprint density at radius 2 is 2.00 bits per heavy atom. The van der Waals surface area contributed by atoms with E-state index in [4.69, 9.17) is 5.11 Å². The highest BCUT2D eigenvalue weighted by molar-refractivity contribution is 5.85. The van der Waals surface area contributed by atoms with Gasteiger partial charge in [0.05, 0.1) is 6.42 Å². The molecule has 0 radical (unpaired) electrons. The van der Waals surface area contributed by atoms with Crippen LogP contribution in [0.1, 0.15) is 46.0 Å². The number of aliphatic carboxylic acids is 1. The standard InChI is InChI=1S/C11H23NO2.ClH/c1-4-5-6-7-10(2)12(3)9-8-11(13)14;/h10H,4-9H2,1-3H3,(H,13,14);1H. The molecule has 0 saturated heterocycles. The van der Waals surface area contributed by atoms with Gasteiger partial charge in [-0.15, -0.1) is 12.4 Å². The number of hydrogen-bond acceptors (Lipinski definition) is 2. The predicted molar refractivity (Wildman–Crippen MR) is 65.7 cm³/mol. The summed E-state index contributed by atoms with van der Waals surface area (Å²) in [4.78, 5) is 12.5. The number of carboxylic acids is 1. The van der Waals surface area contributed by atoms with Crippen LogP contribution in [0.2, 0.25) is 0 Å². The molecule has 3 nitrogen and oxygen atoms in total. The van der Waals surface area contributed by atoms with Gasteiger partial charge in [0.1, 0.15) is 0 Å². The number of unbranched alkanes of at least 4 members (excludes halogenated alkanes) is 2. The summed E-state index contributed by atoms with van der Waals surface area (Å²) in [7, 11) is 2.00. The largest absolute Gasteiger partial charge is 0.481 e. The zero-order chi connectivity index (χ0) is 11.0. The number of rotatable bonds is 8. The van der Waals surface area contributed by atoms with Crippen LogP contribution >= 0.6 is 12.4 Å². The molecule has 0 rings (SSSR count). The van der Waals surface area contributed by atoms with Crippen LogP contribution in [-0.2, 0) is 4.79 Å². The molecule has 0 fully saturated rings. The van der Waals surface area contributed by atoms with Crippen molar-refractivity contribution < 1.29 is 9.90 Å². The molecule has 0 amide bonds. The van der Waals surface area contributed by atoms with E-state index in [9.17, 15) is 4.79 Å². The summed E-state index contributed by atoms with van der Waals surface area (Å²) < 4.78 is 0. The number of halogens is 1. The first-order valence-electron chi connectivity index (χ1n) is 5.50. The lowest BCUT2D eigenvalue weighted by Crippen LogP contribution is -2.31. The number of carbonyl (C=O) groups is 1. The van der Waals surface area contributed by atoms with E-state index >= 15 is 0 Å².